The molecule has 1 heterocycles. The molecule has 4 nitrogen and oxygen atoms in total. The normalized spacial score (nSPS) is 10.4. The van der Waals surface area contributed by atoms with Crippen LogP contribution < -0.4 is 0 Å². The number of methoxy groups -OCH3 is 1. The quantitative estimate of drug-likeness (QED) is 0.824. The van der Waals surface area contributed by atoms with Crippen molar-refractivity contribution in [1.29, 1.82) is 0 Å². The van der Waals surface area contributed by atoms with E-state index in [0.717, 1.165) is 5.56 Å². The fraction of sp³-hybridized carbons (Fsp3) is 0.250. The van der Waals surface area contributed by atoms with Gasteiger partial charge in [-0.3, -0.25) is 9.78 Å². The molecule has 0 fully saturated rings. The van der Waals surface area contributed by atoms with Crippen LogP contribution in [0, 0.1) is 0 Å². The fourth-order valence-electron chi connectivity index (χ4n) is 1.97. The number of hydrogen-bond donors (Lipinski definition) is 0. The molecule has 2 rings (SSSR count). The van der Waals surface area contributed by atoms with Gasteiger partial charge in [0.1, 0.15) is 0 Å². The monoisotopic (exact) mass is 304 g/mol. The lowest BCUT2D eigenvalue weighted by molar-refractivity contribution is 0.0680. The lowest BCUT2D eigenvalue weighted by Crippen LogP contribution is -2.33. The molecule has 0 saturated carbocycles. The molecule has 1 amide bonds. The average Bonchev–Trinajstić information content (AvgIpc) is 2.52. The van der Waals surface area contributed by atoms with Crippen LogP contribution in [-0.4, -0.2) is 36.1 Å². The minimum absolute atomic E-state index is 0.102. The molecule has 0 aliphatic rings. The van der Waals surface area contributed by atoms with Crippen molar-refractivity contribution in [1.82, 2.24) is 9.88 Å². The van der Waals surface area contributed by atoms with Crippen molar-refractivity contribution >= 4 is 17.5 Å². The van der Waals surface area contributed by atoms with Crippen LogP contribution in [0.2, 0.25) is 5.02 Å². The molecule has 0 aliphatic carbocycles. The van der Waals surface area contributed by atoms with E-state index < -0.39 is 0 Å². The number of rotatable bonds is 6. The lowest BCUT2D eigenvalue weighted by Gasteiger charge is -2.23. The third-order valence-electron chi connectivity index (χ3n) is 3.08. The number of pyridine rings is 1. The van der Waals surface area contributed by atoms with Crippen molar-refractivity contribution in [2.45, 2.75) is 6.54 Å². The number of amides is 1. The van der Waals surface area contributed by atoms with Gasteiger partial charge in [-0.05, 0) is 29.8 Å². The van der Waals surface area contributed by atoms with Crippen LogP contribution in [0.15, 0.2) is 48.8 Å². The standard InChI is InChI=1S/C16H17ClN2O2/c1-21-11-10-19(12-13-6-8-18-9-7-13)16(20)14-4-2-3-5-15(14)17/h2-9H,10-12H2,1H3. The minimum Gasteiger partial charge on any atom is -0.383 e. The predicted octanol–water partition coefficient (Wildman–Crippen LogP) is 3.02. The van der Waals surface area contributed by atoms with Crippen LogP contribution in [0.3, 0.4) is 0 Å². The summed E-state index contributed by atoms with van der Waals surface area (Å²) in [5.74, 6) is -0.102. The largest absolute Gasteiger partial charge is 0.383 e. The number of aromatic nitrogens is 1. The second-order valence-corrected chi connectivity index (χ2v) is 4.96. The first kappa shape index (κ1) is 15.5. The summed E-state index contributed by atoms with van der Waals surface area (Å²) in [5, 5.41) is 0.458. The number of carbonyl (C=O) groups excluding carboxylic acids is 1. The van der Waals surface area contributed by atoms with Gasteiger partial charge >= 0.3 is 0 Å². The maximum atomic E-state index is 12.6. The summed E-state index contributed by atoms with van der Waals surface area (Å²) >= 11 is 6.11. The third-order valence-corrected chi connectivity index (χ3v) is 3.41. The Kier molecular flexibility index (Phi) is 5.72. The Morgan fingerprint density at radius 2 is 1.95 bits per heavy atom. The Morgan fingerprint density at radius 3 is 2.62 bits per heavy atom. The first-order valence-electron chi connectivity index (χ1n) is 6.64. The highest BCUT2D eigenvalue weighted by molar-refractivity contribution is 6.33. The highest BCUT2D eigenvalue weighted by Crippen LogP contribution is 2.18. The molecule has 0 spiro atoms. The third kappa shape index (κ3) is 4.28. The van der Waals surface area contributed by atoms with E-state index in [1.54, 1.807) is 42.6 Å². The molecule has 21 heavy (non-hydrogen) atoms. The summed E-state index contributed by atoms with van der Waals surface area (Å²) in [6.07, 6.45) is 3.42. The van der Waals surface area contributed by atoms with E-state index in [1.807, 2.05) is 18.2 Å². The van der Waals surface area contributed by atoms with Crippen LogP contribution in [-0.2, 0) is 11.3 Å². The Morgan fingerprint density at radius 1 is 1.24 bits per heavy atom. The van der Waals surface area contributed by atoms with E-state index in [4.69, 9.17) is 16.3 Å². The van der Waals surface area contributed by atoms with Crippen molar-refractivity contribution < 1.29 is 9.53 Å². The molecule has 0 bridgehead atoms. The van der Waals surface area contributed by atoms with E-state index in [9.17, 15) is 4.79 Å². The summed E-state index contributed by atoms with van der Waals surface area (Å²) < 4.78 is 5.09. The number of ether oxygens (including phenoxy) is 1. The predicted molar refractivity (Wildman–Crippen MR) is 82.3 cm³/mol. The van der Waals surface area contributed by atoms with Crippen LogP contribution in [0.4, 0.5) is 0 Å². The molecule has 1 aromatic heterocycles. The zero-order valence-corrected chi connectivity index (χ0v) is 12.6. The molecule has 0 saturated heterocycles. The van der Waals surface area contributed by atoms with E-state index in [0.29, 0.717) is 30.3 Å². The van der Waals surface area contributed by atoms with Gasteiger partial charge in [0, 0.05) is 32.6 Å². The molecule has 0 atom stereocenters. The highest BCUT2D eigenvalue weighted by Gasteiger charge is 2.18. The van der Waals surface area contributed by atoms with Crippen LogP contribution in [0.5, 0.6) is 0 Å². The number of carbonyl (C=O) groups is 1. The van der Waals surface area contributed by atoms with E-state index >= 15 is 0 Å². The van der Waals surface area contributed by atoms with Crippen LogP contribution in [0.25, 0.3) is 0 Å². The Labute approximate surface area is 129 Å². The summed E-state index contributed by atoms with van der Waals surface area (Å²) in [5.41, 5.74) is 1.52. The Bertz CT molecular complexity index is 590. The molecule has 0 aliphatic heterocycles. The van der Waals surface area contributed by atoms with Gasteiger partial charge in [0.2, 0.25) is 0 Å². The molecule has 1 aromatic carbocycles. The number of hydrogen-bond acceptors (Lipinski definition) is 3. The van der Waals surface area contributed by atoms with E-state index in [-0.39, 0.29) is 5.91 Å². The molecule has 0 N–H and O–H groups in total. The highest BCUT2D eigenvalue weighted by atomic mass is 35.5. The molecule has 110 valence electrons. The van der Waals surface area contributed by atoms with Crippen molar-refractivity contribution in [2.24, 2.45) is 0 Å². The zero-order chi connectivity index (χ0) is 15.1. The van der Waals surface area contributed by atoms with Gasteiger partial charge in [-0.25, -0.2) is 0 Å². The summed E-state index contributed by atoms with van der Waals surface area (Å²) in [4.78, 5) is 18.4. The summed E-state index contributed by atoms with van der Waals surface area (Å²) in [7, 11) is 1.62. The SMILES string of the molecule is COCCN(Cc1ccncc1)C(=O)c1ccccc1Cl. The summed E-state index contributed by atoms with van der Waals surface area (Å²) in [6, 6.07) is 10.8. The van der Waals surface area contributed by atoms with Gasteiger partial charge in [-0.1, -0.05) is 23.7 Å². The maximum absolute atomic E-state index is 12.6. The van der Waals surface area contributed by atoms with Crippen molar-refractivity contribution in [3.8, 4) is 0 Å². The maximum Gasteiger partial charge on any atom is 0.255 e. The van der Waals surface area contributed by atoms with Crippen molar-refractivity contribution in [2.75, 3.05) is 20.3 Å². The van der Waals surface area contributed by atoms with Gasteiger partial charge < -0.3 is 9.64 Å². The molecular formula is C16H17ClN2O2. The second-order valence-electron chi connectivity index (χ2n) is 4.55. The Hall–Kier alpha value is -1.91. The molecule has 5 heteroatoms. The van der Waals surface area contributed by atoms with E-state index in [2.05, 4.69) is 4.98 Å². The van der Waals surface area contributed by atoms with Crippen molar-refractivity contribution in [3.63, 3.8) is 0 Å². The second kappa shape index (κ2) is 7.76. The van der Waals surface area contributed by atoms with Gasteiger partial charge in [0.15, 0.2) is 0 Å². The van der Waals surface area contributed by atoms with Crippen molar-refractivity contribution in [3.05, 3.63) is 64.9 Å². The number of benzene rings is 1. The molecular weight excluding hydrogens is 288 g/mol. The fourth-order valence-corrected chi connectivity index (χ4v) is 2.18. The number of nitrogens with zero attached hydrogens (tertiary/aromatic N) is 2. The van der Waals surface area contributed by atoms with Gasteiger partial charge in [0.05, 0.1) is 17.2 Å². The lowest BCUT2D eigenvalue weighted by atomic mass is 10.1. The zero-order valence-electron chi connectivity index (χ0n) is 11.8. The molecule has 0 radical (unpaired) electrons. The van der Waals surface area contributed by atoms with E-state index in [1.165, 1.54) is 0 Å². The van der Waals surface area contributed by atoms with Gasteiger partial charge in [-0.2, -0.15) is 0 Å². The number of halogens is 1. The smallest absolute Gasteiger partial charge is 0.255 e. The van der Waals surface area contributed by atoms with Crippen LogP contribution in [0.1, 0.15) is 15.9 Å². The van der Waals surface area contributed by atoms with Crippen LogP contribution >= 0.6 is 11.6 Å². The molecule has 2 aromatic rings. The first-order chi connectivity index (χ1) is 10.2. The molecule has 0 unspecified atom stereocenters. The topological polar surface area (TPSA) is 42.4 Å². The van der Waals surface area contributed by atoms with Gasteiger partial charge in [0.25, 0.3) is 5.91 Å². The minimum atomic E-state index is -0.102. The van der Waals surface area contributed by atoms with Gasteiger partial charge in [-0.15, -0.1) is 0 Å². The average molecular weight is 305 g/mol. The Balaban J connectivity index is 2.19. The first-order valence-corrected chi connectivity index (χ1v) is 7.02. The summed E-state index contributed by atoms with van der Waals surface area (Å²) in [6.45, 7) is 1.47.